The Morgan fingerprint density at radius 2 is 1.27 bits per heavy atom. The molecule has 0 aromatic heterocycles. The van der Waals surface area contributed by atoms with Gasteiger partial charge in [0.1, 0.15) is 0 Å². The van der Waals surface area contributed by atoms with Crippen LogP contribution in [0.25, 0.3) is 12.2 Å². The summed E-state index contributed by atoms with van der Waals surface area (Å²) in [5.41, 5.74) is 6.82. The number of hydrogen-bond acceptors (Lipinski definition) is 1. The summed E-state index contributed by atoms with van der Waals surface area (Å²) in [5.74, 6) is -0.481. The zero-order valence-electron chi connectivity index (χ0n) is 8.65. The lowest BCUT2D eigenvalue weighted by Crippen LogP contribution is -2.04. The van der Waals surface area contributed by atoms with Crippen LogP contribution in [0.2, 0.25) is 0 Å². The summed E-state index contributed by atoms with van der Waals surface area (Å²) in [6.45, 7) is 10.4. The maximum absolute atomic E-state index is 9.47. The molecule has 0 fully saturated rings. The SMILES string of the molecule is C=CC(N)=O.C=Cc1ccc(C=C)cc1. The predicted molar refractivity (Wildman–Crippen MR) is 66.0 cm³/mol. The molecule has 1 aromatic carbocycles. The zero-order chi connectivity index (χ0) is 11.7. The summed E-state index contributed by atoms with van der Waals surface area (Å²) < 4.78 is 0. The maximum atomic E-state index is 9.47. The highest BCUT2D eigenvalue weighted by Crippen LogP contribution is 2.05. The molecule has 0 unspecified atom stereocenters. The number of hydrogen-bond donors (Lipinski definition) is 1. The van der Waals surface area contributed by atoms with Crippen molar-refractivity contribution < 1.29 is 4.79 Å². The standard InChI is InChI=1S/C10H10.C3H5NO/c1-3-9-5-7-10(4-2)8-6-9;1-2-3(4)5/h3-8H,1-2H2;2H,1H2,(H2,4,5). The Morgan fingerprint density at radius 3 is 1.40 bits per heavy atom. The first-order chi connectivity index (χ1) is 7.13. The molecule has 1 rings (SSSR count). The fourth-order valence-corrected chi connectivity index (χ4v) is 0.768. The van der Waals surface area contributed by atoms with Gasteiger partial charge >= 0.3 is 0 Å². The van der Waals surface area contributed by atoms with Crippen molar-refractivity contribution in [3.63, 3.8) is 0 Å². The van der Waals surface area contributed by atoms with Crippen molar-refractivity contribution in [2.75, 3.05) is 0 Å². The molecule has 78 valence electrons. The monoisotopic (exact) mass is 201 g/mol. The van der Waals surface area contributed by atoms with Crippen LogP contribution >= 0.6 is 0 Å². The van der Waals surface area contributed by atoms with Gasteiger partial charge in [0.25, 0.3) is 0 Å². The second kappa shape index (κ2) is 7.33. The third-order valence-corrected chi connectivity index (χ3v) is 1.61. The lowest BCUT2D eigenvalue weighted by Gasteiger charge is -1.92. The van der Waals surface area contributed by atoms with Crippen LogP contribution in [-0.4, -0.2) is 5.91 Å². The third kappa shape index (κ3) is 6.05. The molecule has 0 radical (unpaired) electrons. The molecule has 2 nitrogen and oxygen atoms in total. The van der Waals surface area contributed by atoms with Crippen molar-refractivity contribution in [3.8, 4) is 0 Å². The van der Waals surface area contributed by atoms with E-state index in [9.17, 15) is 4.79 Å². The number of primary amides is 1. The van der Waals surface area contributed by atoms with Crippen LogP contribution < -0.4 is 5.73 Å². The first-order valence-corrected chi connectivity index (χ1v) is 4.40. The van der Waals surface area contributed by atoms with Crippen molar-refractivity contribution in [1.82, 2.24) is 0 Å². The maximum Gasteiger partial charge on any atom is 0.240 e. The van der Waals surface area contributed by atoms with Crippen molar-refractivity contribution in [2.45, 2.75) is 0 Å². The van der Waals surface area contributed by atoms with E-state index in [0.717, 1.165) is 17.2 Å². The van der Waals surface area contributed by atoms with Crippen molar-refractivity contribution in [3.05, 3.63) is 61.2 Å². The minimum atomic E-state index is -0.481. The van der Waals surface area contributed by atoms with E-state index in [1.165, 1.54) is 0 Å². The topological polar surface area (TPSA) is 43.1 Å². The Kier molecular flexibility index (Phi) is 6.31. The van der Waals surface area contributed by atoms with Crippen LogP contribution in [0.15, 0.2) is 50.1 Å². The molecule has 1 amide bonds. The second-order valence-corrected chi connectivity index (χ2v) is 2.68. The lowest BCUT2D eigenvalue weighted by atomic mass is 10.1. The highest BCUT2D eigenvalue weighted by molar-refractivity contribution is 5.84. The van der Waals surface area contributed by atoms with Gasteiger partial charge in [0.2, 0.25) is 5.91 Å². The van der Waals surface area contributed by atoms with Gasteiger partial charge in [-0.2, -0.15) is 0 Å². The van der Waals surface area contributed by atoms with E-state index in [-0.39, 0.29) is 0 Å². The van der Waals surface area contributed by atoms with Crippen molar-refractivity contribution in [1.29, 1.82) is 0 Å². The van der Waals surface area contributed by atoms with E-state index in [1.54, 1.807) is 0 Å². The zero-order valence-corrected chi connectivity index (χ0v) is 8.65. The molecule has 0 saturated carbocycles. The molecule has 0 aliphatic carbocycles. The van der Waals surface area contributed by atoms with E-state index in [1.807, 2.05) is 36.4 Å². The molecule has 0 saturated heterocycles. The molecule has 0 bridgehead atoms. The Balaban J connectivity index is 0.000000336. The second-order valence-electron chi connectivity index (χ2n) is 2.68. The van der Waals surface area contributed by atoms with Gasteiger partial charge in [-0.1, -0.05) is 56.2 Å². The Hall–Kier alpha value is -2.09. The summed E-state index contributed by atoms with van der Waals surface area (Å²) in [6.07, 6.45) is 4.71. The Labute approximate surface area is 90.4 Å². The van der Waals surface area contributed by atoms with Gasteiger partial charge in [-0.15, -0.1) is 0 Å². The van der Waals surface area contributed by atoms with E-state index in [4.69, 9.17) is 0 Å². The Morgan fingerprint density at radius 1 is 1.00 bits per heavy atom. The normalized spacial score (nSPS) is 8.00. The van der Waals surface area contributed by atoms with E-state index in [0.29, 0.717) is 0 Å². The van der Waals surface area contributed by atoms with Gasteiger partial charge < -0.3 is 5.73 Å². The highest BCUT2D eigenvalue weighted by Gasteiger charge is 1.84. The molecule has 15 heavy (non-hydrogen) atoms. The van der Waals surface area contributed by atoms with Crippen LogP contribution in [0.5, 0.6) is 0 Å². The Bertz CT molecular complexity index is 322. The first-order valence-electron chi connectivity index (χ1n) is 4.40. The van der Waals surface area contributed by atoms with Crippen molar-refractivity contribution in [2.24, 2.45) is 5.73 Å². The fourth-order valence-electron chi connectivity index (χ4n) is 0.768. The van der Waals surface area contributed by atoms with E-state index < -0.39 is 5.91 Å². The number of carbonyl (C=O) groups is 1. The van der Waals surface area contributed by atoms with Gasteiger partial charge in [0.15, 0.2) is 0 Å². The minimum Gasteiger partial charge on any atom is -0.366 e. The molecule has 2 N–H and O–H groups in total. The molecule has 0 atom stereocenters. The van der Waals surface area contributed by atoms with Crippen LogP contribution in [0, 0.1) is 0 Å². The summed E-state index contributed by atoms with van der Waals surface area (Å²) in [5, 5.41) is 0. The van der Waals surface area contributed by atoms with Gasteiger partial charge in [-0.05, 0) is 17.2 Å². The lowest BCUT2D eigenvalue weighted by molar-refractivity contribution is -0.113. The van der Waals surface area contributed by atoms with Crippen LogP contribution in [0.4, 0.5) is 0 Å². The molecule has 0 heterocycles. The molecular weight excluding hydrogens is 186 g/mol. The number of nitrogens with two attached hydrogens (primary N) is 1. The van der Waals surface area contributed by atoms with E-state index >= 15 is 0 Å². The third-order valence-electron chi connectivity index (χ3n) is 1.61. The largest absolute Gasteiger partial charge is 0.366 e. The summed E-state index contributed by atoms with van der Waals surface area (Å²) in [4.78, 5) is 9.47. The summed E-state index contributed by atoms with van der Waals surface area (Å²) >= 11 is 0. The van der Waals surface area contributed by atoms with Crippen LogP contribution in [0.1, 0.15) is 11.1 Å². The molecule has 1 aromatic rings. The van der Waals surface area contributed by atoms with Gasteiger partial charge in [0, 0.05) is 0 Å². The number of carbonyl (C=O) groups excluding carboxylic acids is 1. The first kappa shape index (κ1) is 12.9. The smallest absolute Gasteiger partial charge is 0.240 e. The quantitative estimate of drug-likeness (QED) is 0.750. The number of rotatable bonds is 3. The highest BCUT2D eigenvalue weighted by atomic mass is 16.1. The minimum absolute atomic E-state index is 0.481. The number of benzene rings is 1. The summed E-state index contributed by atoms with van der Waals surface area (Å²) in [6, 6.07) is 8.07. The summed E-state index contributed by atoms with van der Waals surface area (Å²) in [7, 11) is 0. The van der Waals surface area contributed by atoms with E-state index in [2.05, 4.69) is 25.5 Å². The van der Waals surface area contributed by atoms with Gasteiger partial charge in [0.05, 0.1) is 0 Å². The molecule has 0 aliphatic rings. The van der Waals surface area contributed by atoms with Crippen LogP contribution in [0.3, 0.4) is 0 Å². The fraction of sp³-hybridized carbons (Fsp3) is 0. The predicted octanol–water partition coefficient (Wildman–Crippen LogP) is 2.63. The van der Waals surface area contributed by atoms with Gasteiger partial charge in [-0.3, -0.25) is 4.79 Å². The average molecular weight is 201 g/mol. The average Bonchev–Trinajstić information content (AvgIpc) is 2.30. The van der Waals surface area contributed by atoms with Crippen LogP contribution in [-0.2, 0) is 4.79 Å². The molecule has 0 spiro atoms. The number of amides is 1. The van der Waals surface area contributed by atoms with Crippen molar-refractivity contribution >= 4 is 18.1 Å². The molecular formula is C13H15NO. The van der Waals surface area contributed by atoms with Gasteiger partial charge in [-0.25, -0.2) is 0 Å². The molecule has 0 aliphatic heterocycles. The molecule has 2 heteroatoms.